The Labute approximate surface area is 114 Å². The van der Waals surface area contributed by atoms with E-state index < -0.39 is 5.92 Å². The van der Waals surface area contributed by atoms with E-state index in [9.17, 15) is 4.79 Å². The average Bonchev–Trinajstić information content (AvgIpc) is 2.82. The lowest BCUT2D eigenvalue weighted by Crippen LogP contribution is -2.16. The van der Waals surface area contributed by atoms with Crippen molar-refractivity contribution in [3.63, 3.8) is 0 Å². The number of hydrogen-bond acceptors (Lipinski definition) is 4. The zero-order valence-electron chi connectivity index (χ0n) is 9.82. The van der Waals surface area contributed by atoms with E-state index in [-0.39, 0.29) is 17.3 Å². The van der Waals surface area contributed by atoms with Crippen molar-refractivity contribution >= 4 is 34.3 Å². The Morgan fingerprint density at radius 2 is 2.06 bits per heavy atom. The van der Waals surface area contributed by atoms with Crippen LogP contribution in [0, 0.1) is 34.5 Å². The van der Waals surface area contributed by atoms with Crippen LogP contribution in [-0.4, -0.2) is 5.78 Å². The van der Waals surface area contributed by atoms with Gasteiger partial charge in [0.2, 0.25) is 0 Å². The van der Waals surface area contributed by atoms with Gasteiger partial charge >= 0.3 is 0 Å². The zero-order valence-corrected chi connectivity index (χ0v) is 11.4. The molecule has 18 heavy (non-hydrogen) atoms. The van der Waals surface area contributed by atoms with Gasteiger partial charge in [0, 0.05) is 16.5 Å². The topological polar surface area (TPSA) is 64.7 Å². The highest BCUT2D eigenvalue weighted by molar-refractivity contribution is 7.15. The van der Waals surface area contributed by atoms with Crippen LogP contribution >= 0.6 is 22.9 Å². The molecule has 0 aliphatic heterocycles. The summed E-state index contributed by atoms with van der Waals surface area (Å²) in [6.07, 6.45) is 0. The fraction of sp³-hybridized carbons (Fsp3) is 0.308. The molecule has 0 spiro atoms. The van der Waals surface area contributed by atoms with E-state index in [2.05, 4.69) is 0 Å². The Bertz CT molecular complexity index is 627. The Balaban J connectivity index is 2.78. The highest BCUT2D eigenvalue weighted by Gasteiger charge is 2.41. The molecule has 1 aromatic heterocycles. The van der Waals surface area contributed by atoms with Crippen LogP contribution in [-0.2, 0) is 0 Å². The Hall–Kier alpha value is -1.62. The molecule has 5 heteroatoms. The summed E-state index contributed by atoms with van der Waals surface area (Å²) < 4.78 is 0.436. The lowest BCUT2D eigenvalue weighted by atomic mass is 9.86. The van der Waals surface area contributed by atoms with Crippen molar-refractivity contribution in [2.75, 3.05) is 0 Å². The maximum Gasteiger partial charge on any atom is 0.173 e. The molecule has 0 bridgehead atoms. The second kappa shape index (κ2) is 4.57. The summed E-state index contributed by atoms with van der Waals surface area (Å²) in [5.74, 6) is -0.489. The molecule has 0 fully saturated rings. The van der Waals surface area contributed by atoms with Crippen LogP contribution in [0.3, 0.4) is 0 Å². The van der Waals surface area contributed by atoms with Crippen LogP contribution in [0.25, 0.3) is 5.57 Å². The van der Waals surface area contributed by atoms with Crippen LogP contribution in [0.1, 0.15) is 29.8 Å². The third-order valence-electron chi connectivity index (χ3n) is 3.04. The summed E-state index contributed by atoms with van der Waals surface area (Å²) >= 11 is 7.27. The van der Waals surface area contributed by atoms with Crippen LogP contribution in [0.2, 0.25) is 4.34 Å². The molecule has 0 aromatic carbocycles. The van der Waals surface area contributed by atoms with Gasteiger partial charge in [0.15, 0.2) is 5.78 Å². The van der Waals surface area contributed by atoms with Crippen LogP contribution < -0.4 is 0 Å². The Morgan fingerprint density at radius 3 is 2.56 bits per heavy atom. The quantitative estimate of drug-likeness (QED) is 0.735. The molecule has 1 heterocycles. The van der Waals surface area contributed by atoms with Crippen LogP contribution in [0.5, 0.6) is 0 Å². The average molecular weight is 277 g/mol. The molecular formula is C13H9ClN2OS. The number of allylic oxidation sites excluding steroid dienone is 2. The molecule has 1 atom stereocenters. The standard InChI is InChI=1S/C13H9ClN2OS/c1-6(2)9-10(7(3-15)4-16)8-5-18-13(14)11(8)12(9)17/h5-6,9H,1-2H3. The first-order valence-corrected chi connectivity index (χ1v) is 6.64. The number of halogens is 1. The number of rotatable bonds is 1. The summed E-state index contributed by atoms with van der Waals surface area (Å²) in [7, 11) is 0. The lowest BCUT2D eigenvalue weighted by molar-refractivity contribution is 0.0936. The van der Waals surface area contributed by atoms with E-state index in [1.165, 1.54) is 11.3 Å². The van der Waals surface area contributed by atoms with Crippen molar-refractivity contribution in [2.45, 2.75) is 13.8 Å². The van der Waals surface area contributed by atoms with Crippen LogP contribution in [0.15, 0.2) is 11.0 Å². The first kappa shape index (κ1) is 12.8. The highest BCUT2D eigenvalue weighted by Crippen LogP contribution is 2.47. The number of nitriles is 2. The zero-order chi connectivity index (χ0) is 13.4. The summed E-state index contributed by atoms with van der Waals surface area (Å²) in [5, 5.41) is 19.8. The first-order chi connectivity index (χ1) is 8.52. The largest absolute Gasteiger partial charge is 0.293 e. The molecule has 0 saturated heterocycles. The summed E-state index contributed by atoms with van der Waals surface area (Å²) in [5.41, 5.74) is 1.68. The third kappa shape index (κ3) is 1.66. The lowest BCUT2D eigenvalue weighted by Gasteiger charge is -2.15. The number of thiophene rings is 1. The number of ketones is 1. The molecule has 2 rings (SSSR count). The predicted octanol–water partition coefficient (Wildman–Crippen LogP) is 3.67. The second-order valence-electron chi connectivity index (χ2n) is 4.40. The molecule has 0 amide bonds. The van der Waals surface area contributed by atoms with Crippen molar-refractivity contribution in [3.05, 3.63) is 26.4 Å². The van der Waals surface area contributed by atoms with E-state index in [0.717, 1.165) is 0 Å². The fourth-order valence-electron chi connectivity index (χ4n) is 2.29. The van der Waals surface area contributed by atoms with Crippen molar-refractivity contribution in [1.29, 1.82) is 10.5 Å². The van der Waals surface area contributed by atoms with Crippen LogP contribution in [0.4, 0.5) is 0 Å². The number of Topliss-reactive ketones (excluding diaryl/α,β-unsaturated/α-hetero) is 1. The normalized spacial score (nSPS) is 17.6. The van der Waals surface area contributed by atoms with E-state index in [1.54, 1.807) is 5.38 Å². The maximum absolute atomic E-state index is 12.3. The Kier molecular flexibility index (Phi) is 3.26. The molecule has 0 radical (unpaired) electrons. The maximum atomic E-state index is 12.3. The number of fused-ring (bicyclic) bond motifs is 1. The van der Waals surface area contributed by atoms with Gasteiger partial charge in [-0.05, 0) is 5.92 Å². The van der Waals surface area contributed by atoms with Crippen molar-refractivity contribution in [1.82, 2.24) is 0 Å². The minimum Gasteiger partial charge on any atom is -0.293 e. The van der Waals surface area contributed by atoms with Gasteiger partial charge in [-0.3, -0.25) is 4.79 Å². The van der Waals surface area contributed by atoms with E-state index in [0.29, 0.717) is 21.0 Å². The molecule has 0 saturated carbocycles. The molecule has 1 aliphatic carbocycles. The first-order valence-electron chi connectivity index (χ1n) is 5.38. The van der Waals surface area contributed by atoms with Gasteiger partial charge in [-0.15, -0.1) is 11.3 Å². The summed E-state index contributed by atoms with van der Waals surface area (Å²) in [4.78, 5) is 12.3. The van der Waals surface area contributed by atoms with E-state index in [4.69, 9.17) is 22.1 Å². The number of carbonyl (C=O) groups is 1. The molecule has 1 unspecified atom stereocenters. The number of carbonyl (C=O) groups excluding carboxylic acids is 1. The summed E-state index contributed by atoms with van der Waals surface area (Å²) in [6, 6.07) is 3.75. The second-order valence-corrected chi connectivity index (χ2v) is 5.88. The van der Waals surface area contributed by atoms with Gasteiger partial charge in [-0.2, -0.15) is 10.5 Å². The third-order valence-corrected chi connectivity index (χ3v) is 4.26. The molecule has 90 valence electrons. The van der Waals surface area contributed by atoms with Gasteiger partial charge in [0.25, 0.3) is 0 Å². The van der Waals surface area contributed by atoms with Crippen molar-refractivity contribution in [2.24, 2.45) is 11.8 Å². The minimum atomic E-state index is -0.435. The number of nitrogens with zero attached hydrogens (tertiary/aromatic N) is 2. The Morgan fingerprint density at radius 1 is 1.44 bits per heavy atom. The SMILES string of the molecule is CC(C)C1C(=O)c2c(csc2Cl)C1=C(C#N)C#N. The smallest absolute Gasteiger partial charge is 0.173 e. The summed E-state index contributed by atoms with van der Waals surface area (Å²) in [6.45, 7) is 3.80. The monoisotopic (exact) mass is 276 g/mol. The molecule has 0 N–H and O–H groups in total. The highest BCUT2D eigenvalue weighted by atomic mass is 35.5. The molecule has 1 aromatic rings. The van der Waals surface area contributed by atoms with E-state index in [1.807, 2.05) is 26.0 Å². The van der Waals surface area contributed by atoms with Crippen molar-refractivity contribution in [3.8, 4) is 12.1 Å². The van der Waals surface area contributed by atoms with E-state index >= 15 is 0 Å². The molecule has 1 aliphatic rings. The molecular weight excluding hydrogens is 268 g/mol. The minimum absolute atomic E-state index is 0.00951. The molecule has 3 nitrogen and oxygen atoms in total. The van der Waals surface area contributed by atoms with Gasteiger partial charge in [-0.25, -0.2) is 0 Å². The van der Waals surface area contributed by atoms with Gasteiger partial charge in [0.1, 0.15) is 22.0 Å². The fourth-order valence-corrected chi connectivity index (χ4v) is 3.41. The van der Waals surface area contributed by atoms with Gasteiger partial charge in [-0.1, -0.05) is 25.4 Å². The predicted molar refractivity (Wildman–Crippen MR) is 70.1 cm³/mol. The van der Waals surface area contributed by atoms with Crippen molar-refractivity contribution < 1.29 is 4.79 Å². The van der Waals surface area contributed by atoms with Gasteiger partial charge in [0.05, 0.1) is 11.5 Å². The number of hydrogen-bond donors (Lipinski definition) is 0. The van der Waals surface area contributed by atoms with Gasteiger partial charge < -0.3 is 0 Å².